The Morgan fingerprint density at radius 1 is 1.53 bits per heavy atom. The Labute approximate surface area is 107 Å². The summed E-state index contributed by atoms with van der Waals surface area (Å²) in [5.74, 6) is 0.424. The molecule has 0 spiro atoms. The molecule has 0 aliphatic heterocycles. The van der Waals surface area contributed by atoms with Gasteiger partial charge in [0.05, 0.1) is 0 Å². The summed E-state index contributed by atoms with van der Waals surface area (Å²) in [6, 6.07) is 7.27. The van der Waals surface area contributed by atoms with Crippen LogP contribution < -0.4 is 11.1 Å². The van der Waals surface area contributed by atoms with Gasteiger partial charge in [0.1, 0.15) is 4.99 Å². The molecule has 0 aliphatic carbocycles. The van der Waals surface area contributed by atoms with Crippen LogP contribution in [0.3, 0.4) is 0 Å². The first-order valence-corrected chi connectivity index (χ1v) is 6.13. The van der Waals surface area contributed by atoms with Crippen LogP contribution in [0.4, 0.5) is 5.69 Å². The number of amides is 1. The molecular weight excluding hydrogens is 232 g/mol. The monoisotopic (exact) mass is 250 g/mol. The SMILES string of the molecule is CCC(C)CC(=O)Nc1cccc(C(N)=S)c1. The second kappa shape index (κ2) is 6.35. The van der Waals surface area contributed by atoms with Crippen LogP contribution in [0.5, 0.6) is 0 Å². The summed E-state index contributed by atoms with van der Waals surface area (Å²) in [7, 11) is 0. The summed E-state index contributed by atoms with van der Waals surface area (Å²) in [6.07, 6.45) is 1.54. The van der Waals surface area contributed by atoms with Gasteiger partial charge in [-0.1, -0.05) is 44.6 Å². The van der Waals surface area contributed by atoms with E-state index in [9.17, 15) is 4.79 Å². The minimum absolute atomic E-state index is 0.0273. The smallest absolute Gasteiger partial charge is 0.224 e. The third kappa shape index (κ3) is 4.53. The topological polar surface area (TPSA) is 55.1 Å². The maximum Gasteiger partial charge on any atom is 0.224 e. The van der Waals surface area contributed by atoms with Gasteiger partial charge in [0.2, 0.25) is 5.91 Å². The average molecular weight is 250 g/mol. The molecule has 0 bridgehead atoms. The van der Waals surface area contributed by atoms with Gasteiger partial charge in [-0.15, -0.1) is 0 Å². The van der Waals surface area contributed by atoms with Crippen LogP contribution in [0, 0.1) is 5.92 Å². The fourth-order valence-corrected chi connectivity index (χ4v) is 1.55. The van der Waals surface area contributed by atoms with Crippen LogP contribution in [0.25, 0.3) is 0 Å². The second-order valence-electron chi connectivity index (χ2n) is 4.21. The lowest BCUT2D eigenvalue weighted by molar-refractivity contribution is -0.117. The zero-order valence-electron chi connectivity index (χ0n) is 10.2. The quantitative estimate of drug-likeness (QED) is 0.790. The number of nitrogens with one attached hydrogen (secondary N) is 1. The van der Waals surface area contributed by atoms with Crippen molar-refractivity contribution < 1.29 is 4.79 Å². The van der Waals surface area contributed by atoms with E-state index in [1.165, 1.54) is 0 Å². The predicted octanol–water partition coefficient (Wildman–Crippen LogP) is 2.70. The molecule has 3 N–H and O–H groups in total. The van der Waals surface area contributed by atoms with Gasteiger partial charge < -0.3 is 11.1 Å². The van der Waals surface area contributed by atoms with Gasteiger partial charge in [0.25, 0.3) is 0 Å². The summed E-state index contributed by atoms with van der Waals surface area (Å²) in [6.45, 7) is 4.14. The Balaban J connectivity index is 2.65. The van der Waals surface area contributed by atoms with Crippen LogP contribution >= 0.6 is 12.2 Å². The number of nitrogens with two attached hydrogens (primary N) is 1. The Hall–Kier alpha value is -1.42. The minimum atomic E-state index is 0.0273. The van der Waals surface area contributed by atoms with Crippen molar-refractivity contribution in [2.75, 3.05) is 5.32 Å². The molecule has 0 heterocycles. The van der Waals surface area contributed by atoms with Crippen molar-refractivity contribution in [1.82, 2.24) is 0 Å². The summed E-state index contributed by atoms with van der Waals surface area (Å²) in [5.41, 5.74) is 7.04. The molecule has 3 nitrogen and oxygen atoms in total. The first-order valence-electron chi connectivity index (χ1n) is 5.72. The highest BCUT2D eigenvalue weighted by Crippen LogP contribution is 2.13. The van der Waals surface area contributed by atoms with Gasteiger partial charge >= 0.3 is 0 Å². The number of hydrogen-bond donors (Lipinski definition) is 2. The molecule has 1 aromatic rings. The van der Waals surface area contributed by atoms with Crippen LogP contribution in [-0.2, 0) is 4.79 Å². The van der Waals surface area contributed by atoms with Crippen molar-refractivity contribution in [2.45, 2.75) is 26.7 Å². The van der Waals surface area contributed by atoms with Crippen molar-refractivity contribution >= 4 is 28.8 Å². The highest BCUT2D eigenvalue weighted by Gasteiger charge is 2.08. The molecule has 1 atom stereocenters. The standard InChI is InChI=1S/C13H18N2OS/c1-3-9(2)7-12(16)15-11-6-4-5-10(8-11)13(14)17/h4-6,8-9H,3,7H2,1-2H3,(H2,14,17)(H,15,16). The first kappa shape index (κ1) is 13.6. The van der Waals surface area contributed by atoms with Gasteiger partial charge in [-0.2, -0.15) is 0 Å². The first-order chi connectivity index (χ1) is 8.02. The second-order valence-corrected chi connectivity index (χ2v) is 4.65. The van der Waals surface area contributed by atoms with E-state index in [1.807, 2.05) is 18.2 Å². The maximum atomic E-state index is 11.7. The third-order valence-corrected chi connectivity index (χ3v) is 2.90. The molecule has 1 amide bonds. The molecule has 0 radical (unpaired) electrons. The van der Waals surface area contributed by atoms with E-state index in [2.05, 4.69) is 19.2 Å². The van der Waals surface area contributed by atoms with E-state index < -0.39 is 0 Å². The Kier molecular flexibility index (Phi) is 5.10. The van der Waals surface area contributed by atoms with Crippen LogP contribution in [0.1, 0.15) is 32.3 Å². The fourth-order valence-electron chi connectivity index (χ4n) is 1.42. The number of benzene rings is 1. The number of thiocarbonyl (C=S) groups is 1. The summed E-state index contributed by atoms with van der Waals surface area (Å²) in [5, 5.41) is 2.85. The van der Waals surface area contributed by atoms with E-state index in [1.54, 1.807) is 6.07 Å². The Morgan fingerprint density at radius 3 is 2.82 bits per heavy atom. The number of anilines is 1. The zero-order chi connectivity index (χ0) is 12.8. The maximum absolute atomic E-state index is 11.7. The van der Waals surface area contributed by atoms with Gasteiger partial charge in [-0.3, -0.25) is 4.79 Å². The van der Waals surface area contributed by atoms with Crippen molar-refractivity contribution in [1.29, 1.82) is 0 Å². The fraction of sp³-hybridized carbons (Fsp3) is 0.385. The van der Waals surface area contributed by atoms with Crippen LogP contribution in [0.2, 0.25) is 0 Å². The molecule has 92 valence electrons. The Morgan fingerprint density at radius 2 is 2.24 bits per heavy atom. The van der Waals surface area contributed by atoms with E-state index in [0.29, 0.717) is 17.3 Å². The van der Waals surface area contributed by atoms with Gasteiger partial charge in [-0.05, 0) is 18.1 Å². The molecule has 0 aliphatic rings. The zero-order valence-corrected chi connectivity index (χ0v) is 11.0. The highest BCUT2D eigenvalue weighted by atomic mass is 32.1. The summed E-state index contributed by atoms with van der Waals surface area (Å²) in [4.78, 5) is 12.0. The summed E-state index contributed by atoms with van der Waals surface area (Å²) >= 11 is 4.89. The van der Waals surface area contributed by atoms with E-state index in [0.717, 1.165) is 17.7 Å². The van der Waals surface area contributed by atoms with Gasteiger partial charge in [0.15, 0.2) is 0 Å². The molecular formula is C13H18N2OS. The van der Waals surface area contributed by atoms with Crippen LogP contribution in [-0.4, -0.2) is 10.9 Å². The number of hydrogen-bond acceptors (Lipinski definition) is 2. The van der Waals surface area contributed by atoms with E-state index >= 15 is 0 Å². The van der Waals surface area contributed by atoms with Crippen molar-refractivity contribution in [2.24, 2.45) is 11.7 Å². The summed E-state index contributed by atoms with van der Waals surface area (Å²) < 4.78 is 0. The van der Waals surface area contributed by atoms with Gasteiger partial charge in [0, 0.05) is 17.7 Å². The van der Waals surface area contributed by atoms with Gasteiger partial charge in [-0.25, -0.2) is 0 Å². The van der Waals surface area contributed by atoms with Crippen molar-refractivity contribution in [3.05, 3.63) is 29.8 Å². The number of carbonyl (C=O) groups is 1. The molecule has 4 heteroatoms. The molecule has 1 unspecified atom stereocenters. The molecule has 0 fully saturated rings. The lowest BCUT2D eigenvalue weighted by Crippen LogP contribution is -2.15. The molecule has 17 heavy (non-hydrogen) atoms. The average Bonchev–Trinajstić information content (AvgIpc) is 2.28. The molecule has 0 saturated carbocycles. The molecule has 0 saturated heterocycles. The number of carbonyl (C=O) groups excluding carboxylic acids is 1. The lowest BCUT2D eigenvalue weighted by Gasteiger charge is -2.10. The normalized spacial score (nSPS) is 11.9. The lowest BCUT2D eigenvalue weighted by atomic mass is 10.0. The van der Waals surface area contributed by atoms with Crippen molar-refractivity contribution in [3.63, 3.8) is 0 Å². The number of rotatable bonds is 5. The van der Waals surface area contributed by atoms with Crippen LogP contribution in [0.15, 0.2) is 24.3 Å². The largest absolute Gasteiger partial charge is 0.389 e. The van der Waals surface area contributed by atoms with E-state index in [-0.39, 0.29) is 5.91 Å². The van der Waals surface area contributed by atoms with Crippen molar-refractivity contribution in [3.8, 4) is 0 Å². The molecule has 1 rings (SSSR count). The predicted molar refractivity (Wildman–Crippen MR) is 75.0 cm³/mol. The highest BCUT2D eigenvalue weighted by molar-refractivity contribution is 7.80. The van der Waals surface area contributed by atoms with E-state index in [4.69, 9.17) is 18.0 Å². The molecule has 0 aromatic heterocycles. The Bertz CT molecular complexity index is 418. The molecule has 1 aromatic carbocycles. The minimum Gasteiger partial charge on any atom is -0.389 e. The third-order valence-electron chi connectivity index (χ3n) is 2.66.